The smallest absolute Gasteiger partial charge is 0.246 e. The van der Waals surface area contributed by atoms with Crippen molar-refractivity contribution in [2.75, 3.05) is 6.54 Å². The van der Waals surface area contributed by atoms with Gasteiger partial charge in [0.2, 0.25) is 11.8 Å². The normalized spacial score (nSPS) is 18.8. The van der Waals surface area contributed by atoms with E-state index in [0.29, 0.717) is 30.7 Å². The van der Waals surface area contributed by atoms with Crippen LogP contribution < -0.4 is 10.6 Å². The van der Waals surface area contributed by atoms with Gasteiger partial charge in [-0.3, -0.25) is 4.79 Å². The lowest BCUT2D eigenvalue weighted by atomic mass is 10.1. The Morgan fingerprint density at radius 2 is 2.47 bits per heavy atom. The highest BCUT2D eigenvalue weighted by atomic mass is 35.5. The highest BCUT2D eigenvalue weighted by Crippen LogP contribution is 2.08. The first-order chi connectivity index (χ1) is 7.74. The lowest BCUT2D eigenvalue weighted by molar-refractivity contribution is -0.121. The van der Waals surface area contributed by atoms with Crippen molar-refractivity contribution in [1.82, 2.24) is 20.8 Å². The fourth-order valence-electron chi connectivity index (χ4n) is 1.81. The minimum absolute atomic E-state index is 0. The SMILES string of the molecule is Cc1noc(CNC(=O)CC2CCCN2)n1.Cl. The molecule has 0 aliphatic carbocycles. The van der Waals surface area contributed by atoms with E-state index in [0.717, 1.165) is 19.4 Å². The fraction of sp³-hybridized carbons (Fsp3) is 0.700. The van der Waals surface area contributed by atoms with E-state index < -0.39 is 0 Å². The molecule has 1 amide bonds. The second kappa shape index (κ2) is 6.56. The van der Waals surface area contributed by atoms with Gasteiger partial charge in [0.15, 0.2) is 5.82 Å². The van der Waals surface area contributed by atoms with Gasteiger partial charge in [-0.1, -0.05) is 5.16 Å². The van der Waals surface area contributed by atoms with Crippen LogP contribution in [0.4, 0.5) is 0 Å². The molecule has 0 radical (unpaired) electrons. The minimum Gasteiger partial charge on any atom is -0.347 e. The van der Waals surface area contributed by atoms with Gasteiger partial charge in [-0.05, 0) is 26.3 Å². The van der Waals surface area contributed by atoms with Crippen molar-refractivity contribution in [3.05, 3.63) is 11.7 Å². The van der Waals surface area contributed by atoms with Gasteiger partial charge in [0.05, 0.1) is 6.54 Å². The zero-order valence-corrected chi connectivity index (χ0v) is 10.5. The van der Waals surface area contributed by atoms with Crippen LogP contribution in [-0.4, -0.2) is 28.6 Å². The third-order valence-electron chi connectivity index (χ3n) is 2.60. The number of aromatic nitrogens is 2. The lowest BCUT2D eigenvalue weighted by Crippen LogP contribution is -2.31. The van der Waals surface area contributed by atoms with Gasteiger partial charge in [0.1, 0.15) is 0 Å². The average Bonchev–Trinajstić information content (AvgIpc) is 2.87. The molecule has 0 aromatic carbocycles. The van der Waals surface area contributed by atoms with Crippen molar-refractivity contribution in [3.63, 3.8) is 0 Å². The summed E-state index contributed by atoms with van der Waals surface area (Å²) in [4.78, 5) is 15.5. The number of halogens is 1. The number of carbonyl (C=O) groups is 1. The number of rotatable bonds is 4. The summed E-state index contributed by atoms with van der Waals surface area (Å²) in [6.07, 6.45) is 2.75. The molecule has 1 aromatic rings. The summed E-state index contributed by atoms with van der Waals surface area (Å²) in [7, 11) is 0. The summed E-state index contributed by atoms with van der Waals surface area (Å²) in [5.74, 6) is 1.06. The van der Waals surface area contributed by atoms with Crippen molar-refractivity contribution >= 4 is 18.3 Å². The van der Waals surface area contributed by atoms with Crippen LogP contribution in [0.15, 0.2) is 4.52 Å². The molecule has 1 unspecified atom stereocenters. The Morgan fingerprint density at radius 3 is 3.06 bits per heavy atom. The number of hydrogen-bond donors (Lipinski definition) is 2. The molecule has 17 heavy (non-hydrogen) atoms. The summed E-state index contributed by atoms with van der Waals surface area (Å²) in [6.45, 7) is 3.07. The van der Waals surface area contributed by atoms with Crippen molar-refractivity contribution in [2.24, 2.45) is 0 Å². The molecule has 2 heterocycles. The van der Waals surface area contributed by atoms with Crippen LogP contribution in [0.2, 0.25) is 0 Å². The highest BCUT2D eigenvalue weighted by Gasteiger charge is 2.17. The van der Waals surface area contributed by atoms with Crippen LogP contribution in [0.25, 0.3) is 0 Å². The van der Waals surface area contributed by atoms with E-state index in [1.807, 2.05) is 0 Å². The topological polar surface area (TPSA) is 80.0 Å². The molecule has 2 N–H and O–H groups in total. The highest BCUT2D eigenvalue weighted by molar-refractivity contribution is 5.85. The zero-order chi connectivity index (χ0) is 11.4. The van der Waals surface area contributed by atoms with Crippen molar-refractivity contribution in [3.8, 4) is 0 Å². The Balaban J connectivity index is 0.00000144. The van der Waals surface area contributed by atoms with Gasteiger partial charge in [-0.15, -0.1) is 12.4 Å². The Hall–Kier alpha value is -1.14. The summed E-state index contributed by atoms with van der Waals surface area (Å²) in [6, 6.07) is 0.324. The number of aryl methyl sites for hydroxylation is 1. The van der Waals surface area contributed by atoms with Crippen LogP contribution in [0, 0.1) is 6.92 Å². The Bertz CT molecular complexity index is 363. The zero-order valence-electron chi connectivity index (χ0n) is 9.73. The first-order valence-electron chi connectivity index (χ1n) is 5.53. The second-order valence-corrected chi connectivity index (χ2v) is 4.01. The quantitative estimate of drug-likeness (QED) is 0.827. The van der Waals surface area contributed by atoms with Gasteiger partial charge in [-0.25, -0.2) is 0 Å². The summed E-state index contributed by atoms with van der Waals surface area (Å²) >= 11 is 0. The molecule has 2 rings (SSSR count). The molecule has 0 saturated carbocycles. The standard InChI is InChI=1S/C10H16N4O2.ClH/c1-7-13-10(16-14-7)6-12-9(15)5-8-3-2-4-11-8;/h8,11H,2-6H2,1H3,(H,12,15);1H. The predicted octanol–water partition coefficient (Wildman–Crippen LogP) is 0.558. The van der Waals surface area contributed by atoms with E-state index in [-0.39, 0.29) is 18.3 Å². The first-order valence-corrected chi connectivity index (χ1v) is 5.53. The van der Waals surface area contributed by atoms with E-state index >= 15 is 0 Å². The molecular formula is C10H17ClN4O2. The fourth-order valence-corrected chi connectivity index (χ4v) is 1.81. The number of amides is 1. The molecule has 0 bridgehead atoms. The van der Waals surface area contributed by atoms with E-state index in [9.17, 15) is 4.79 Å². The predicted molar refractivity (Wildman–Crippen MR) is 63.8 cm³/mol. The molecule has 1 aliphatic heterocycles. The third kappa shape index (κ3) is 4.32. The van der Waals surface area contributed by atoms with Crippen LogP contribution >= 0.6 is 12.4 Å². The molecular weight excluding hydrogens is 244 g/mol. The molecule has 1 saturated heterocycles. The summed E-state index contributed by atoms with van der Waals surface area (Å²) in [5.41, 5.74) is 0. The molecule has 1 fully saturated rings. The monoisotopic (exact) mass is 260 g/mol. The van der Waals surface area contributed by atoms with Crippen LogP contribution in [0.3, 0.4) is 0 Å². The van der Waals surface area contributed by atoms with Crippen LogP contribution in [0.5, 0.6) is 0 Å². The van der Waals surface area contributed by atoms with Gasteiger partial charge in [0.25, 0.3) is 0 Å². The average molecular weight is 261 g/mol. The van der Waals surface area contributed by atoms with E-state index in [1.54, 1.807) is 6.92 Å². The molecule has 1 aliphatic rings. The second-order valence-electron chi connectivity index (χ2n) is 4.01. The van der Waals surface area contributed by atoms with Crippen molar-refractivity contribution < 1.29 is 9.32 Å². The van der Waals surface area contributed by atoms with Crippen LogP contribution in [-0.2, 0) is 11.3 Å². The maximum atomic E-state index is 11.5. The van der Waals surface area contributed by atoms with Crippen LogP contribution in [0.1, 0.15) is 31.0 Å². The Kier molecular flexibility index (Phi) is 5.37. The Morgan fingerprint density at radius 1 is 1.65 bits per heavy atom. The number of nitrogens with one attached hydrogen (secondary N) is 2. The molecule has 6 nitrogen and oxygen atoms in total. The Labute approximate surface area is 106 Å². The summed E-state index contributed by atoms with van der Waals surface area (Å²) in [5, 5.41) is 9.69. The first kappa shape index (κ1) is 13.9. The van der Waals surface area contributed by atoms with E-state index in [1.165, 1.54) is 0 Å². The van der Waals surface area contributed by atoms with Gasteiger partial charge < -0.3 is 15.2 Å². The lowest BCUT2D eigenvalue weighted by Gasteiger charge is -2.08. The number of hydrogen-bond acceptors (Lipinski definition) is 5. The number of nitrogens with zero attached hydrogens (tertiary/aromatic N) is 2. The summed E-state index contributed by atoms with van der Waals surface area (Å²) < 4.78 is 4.89. The number of carbonyl (C=O) groups excluding carboxylic acids is 1. The van der Waals surface area contributed by atoms with Crippen molar-refractivity contribution in [2.45, 2.75) is 38.8 Å². The van der Waals surface area contributed by atoms with Gasteiger partial charge in [-0.2, -0.15) is 4.98 Å². The third-order valence-corrected chi connectivity index (χ3v) is 2.60. The van der Waals surface area contributed by atoms with E-state index in [4.69, 9.17) is 4.52 Å². The maximum absolute atomic E-state index is 11.5. The molecule has 1 aromatic heterocycles. The largest absolute Gasteiger partial charge is 0.347 e. The maximum Gasteiger partial charge on any atom is 0.246 e. The molecule has 0 spiro atoms. The van der Waals surface area contributed by atoms with Gasteiger partial charge in [0, 0.05) is 12.5 Å². The molecule has 7 heteroatoms. The molecule has 96 valence electrons. The van der Waals surface area contributed by atoms with Crippen molar-refractivity contribution in [1.29, 1.82) is 0 Å². The minimum atomic E-state index is 0. The van der Waals surface area contributed by atoms with Gasteiger partial charge >= 0.3 is 0 Å². The van der Waals surface area contributed by atoms with E-state index in [2.05, 4.69) is 20.8 Å². The molecule has 1 atom stereocenters.